The van der Waals surface area contributed by atoms with Gasteiger partial charge in [0.2, 0.25) is 6.54 Å². The van der Waals surface area contributed by atoms with Crippen LogP contribution in [-0.4, -0.2) is 34.1 Å². The molecule has 0 aliphatic rings. The van der Waals surface area contributed by atoms with E-state index < -0.39 is 23.0 Å². The molecule has 0 aliphatic carbocycles. The van der Waals surface area contributed by atoms with Gasteiger partial charge in [-0.25, -0.2) is 9.78 Å². The van der Waals surface area contributed by atoms with E-state index in [-0.39, 0.29) is 11.6 Å². The van der Waals surface area contributed by atoms with Gasteiger partial charge in [0.05, 0.1) is 6.61 Å². The molecule has 8 heteroatoms. The van der Waals surface area contributed by atoms with E-state index in [1.54, 1.807) is 6.92 Å². The SMILES string of the molecule is CCOC(=O)C(O)(C[N+](=O)[O-])c1nccs1. The second-order valence-corrected chi connectivity index (χ2v) is 3.80. The molecule has 0 saturated heterocycles. The second kappa shape index (κ2) is 4.99. The maximum Gasteiger partial charge on any atom is 0.352 e. The lowest BCUT2D eigenvalue weighted by Crippen LogP contribution is -2.43. The molecule has 0 spiro atoms. The van der Waals surface area contributed by atoms with Crippen LogP contribution in [0.2, 0.25) is 0 Å². The average molecular weight is 246 g/mol. The molecule has 0 saturated carbocycles. The third kappa shape index (κ3) is 2.52. The van der Waals surface area contributed by atoms with Crippen LogP contribution in [0.5, 0.6) is 0 Å². The van der Waals surface area contributed by atoms with Crippen molar-refractivity contribution < 1.29 is 19.6 Å². The normalized spacial score (nSPS) is 14.1. The van der Waals surface area contributed by atoms with Crippen LogP contribution in [-0.2, 0) is 15.1 Å². The average Bonchev–Trinajstić information content (AvgIpc) is 2.69. The summed E-state index contributed by atoms with van der Waals surface area (Å²) in [5.41, 5.74) is -2.30. The van der Waals surface area contributed by atoms with Gasteiger partial charge in [-0.05, 0) is 6.92 Å². The molecule has 1 aromatic rings. The Morgan fingerprint density at radius 1 is 1.81 bits per heavy atom. The van der Waals surface area contributed by atoms with Crippen LogP contribution in [0.1, 0.15) is 11.9 Å². The van der Waals surface area contributed by atoms with Crippen molar-refractivity contribution in [1.82, 2.24) is 4.98 Å². The van der Waals surface area contributed by atoms with Gasteiger partial charge in [0.1, 0.15) is 5.01 Å². The van der Waals surface area contributed by atoms with Gasteiger partial charge in [0.15, 0.2) is 0 Å². The first kappa shape index (κ1) is 12.5. The van der Waals surface area contributed by atoms with Gasteiger partial charge >= 0.3 is 5.97 Å². The van der Waals surface area contributed by atoms with Crippen LogP contribution < -0.4 is 0 Å². The number of carbonyl (C=O) groups is 1. The molecule has 1 rings (SSSR count). The van der Waals surface area contributed by atoms with Crippen molar-refractivity contribution in [2.24, 2.45) is 0 Å². The molecule has 88 valence electrons. The highest BCUT2D eigenvalue weighted by Crippen LogP contribution is 2.25. The summed E-state index contributed by atoms with van der Waals surface area (Å²) >= 11 is 0.960. The number of nitrogens with zero attached hydrogens (tertiary/aromatic N) is 2. The lowest BCUT2D eigenvalue weighted by Gasteiger charge is -2.18. The molecule has 0 amide bonds. The highest BCUT2D eigenvalue weighted by Gasteiger charge is 2.47. The van der Waals surface area contributed by atoms with E-state index >= 15 is 0 Å². The maximum absolute atomic E-state index is 11.5. The van der Waals surface area contributed by atoms with Gasteiger partial charge in [0, 0.05) is 16.5 Å². The van der Waals surface area contributed by atoms with E-state index in [1.807, 2.05) is 0 Å². The fourth-order valence-electron chi connectivity index (χ4n) is 1.08. The Balaban J connectivity index is 3.02. The third-order valence-electron chi connectivity index (χ3n) is 1.76. The molecule has 0 aromatic carbocycles. The summed E-state index contributed by atoms with van der Waals surface area (Å²) in [6.07, 6.45) is 1.35. The molecule has 1 N–H and O–H groups in total. The Labute approximate surface area is 94.8 Å². The maximum atomic E-state index is 11.5. The van der Waals surface area contributed by atoms with Crippen LogP contribution in [0.15, 0.2) is 11.6 Å². The van der Waals surface area contributed by atoms with Gasteiger partial charge in [0.25, 0.3) is 5.60 Å². The van der Waals surface area contributed by atoms with Gasteiger partial charge in [-0.1, -0.05) is 0 Å². The van der Waals surface area contributed by atoms with Crippen molar-refractivity contribution in [2.45, 2.75) is 12.5 Å². The smallest absolute Gasteiger partial charge is 0.352 e. The minimum atomic E-state index is -2.30. The number of ether oxygens (including phenoxy) is 1. The number of esters is 1. The van der Waals surface area contributed by atoms with Gasteiger partial charge in [-0.15, -0.1) is 11.3 Å². The van der Waals surface area contributed by atoms with E-state index in [1.165, 1.54) is 11.6 Å². The summed E-state index contributed by atoms with van der Waals surface area (Å²) in [5, 5.41) is 21.9. The third-order valence-corrected chi connectivity index (χ3v) is 2.68. The van der Waals surface area contributed by atoms with E-state index in [0.29, 0.717) is 0 Å². The standard InChI is InChI=1S/C8H10N2O5S/c1-2-15-7(11)8(12,5-10(13)14)6-9-3-4-16-6/h3-4,12H,2,5H2,1H3. The predicted molar refractivity (Wildman–Crippen MR) is 54.5 cm³/mol. The number of aromatic nitrogens is 1. The van der Waals surface area contributed by atoms with Crippen LogP contribution in [0.4, 0.5) is 0 Å². The zero-order chi connectivity index (χ0) is 12.2. The summed E-state index contributed by atoms with van der Waals surface area (Å²) in [4.78, 5) is 24.9. The fraction of sp³-hybridized carbons (Fsp3) is 0.500. The van der Waals surface area contributed by atoms with Crippen molar-refractivity contribution in [3.05, 3.63) is 26.7 Å². The number of rotatable bonds is 5. The van der Waals surface area contributed by atoms with E-state index in [9.17, 15) is 20.0 Å². The number of aliphatic hydroxyl groups is 1. The Bertz CT molecular complexity index is 380. The first-order valence-electron chi connectivity index (χ1n) is 4.42. The zero-order valence-electron chi connectivity index (χ0n) is 8.45. The number of hydrogen-bond donors (Lipinski definition) is 1. The van der Waals surface area contributed by atoms with Crippen LogP contribution in [0, 0.1) is 10.1 Å². The highest BCUT2D eigenvalue weighted by molar-refractivity contribution is 7.09. The fourth-order valence-corrected chi connectivity index (χ4v) is 1.80. The molecule has 16 heavy (non-hydrogen) atoms. The van der Waals surface area contributed by atoms with E-state index in [4.69, 9.17) is 0 Å². The molecule has 0 fully saturated rings. The Morgan fingerprint density at radius 3 is 2.94 bits per heavy atom. The predicted octanol–water partition coefficient (Wildman–Crippen LogP) is 0.171. The molecule has 0 aliphatic heterocycles. The second-order valence-electron chi connectivity index (χ2n) is 2.91. The highest BCUT2D eigenvalue weighted by atomic mass is 32.1. The van der Waals surface area contributed by atoms with E-state index in [2.05, 4.69) is 9.72 Å². The summed E-state index contributed by atoms with van der Waals surface area (Å²) in [6, 6.07) is 0. The first-order valence-corrected chi connectivity index (χ1v) is 5.30. The molecular weight excluding hydrogens is 236 g/mol. The quantitative estimate of drug-likeness (QED) is 0.451. The minimum absolute atomic E-state index is 0.0320. The van der Waals surface area contributed by atoms with Crippen molar-refractivity contribution >= 4 is 17.3 Å². The van der Waals surface area contributed by atoms with Gasteiger partial charge < -0.3 is 9.84 Å². The topological polar surface area (TPSA) is 103 Å². The lowest BCUT2D eigenvalue weighted by molar-refractivity contribution is -0.499. The number of nitro groups is 1. The Morgan fingerprint density at radius 2 is 2.50 bits per heavy atom. The number of hydrogen-bond acceptors (Lipinski definition) is 7. The molecule has 1 aromatic heterocycles. The first-order chi connectivity index (χ1) is 7.50. The van der Waals surface area contributed by atoms with Crippen molar-refractivity contribution in [1.29, 1.82) is 0 Å². The molecular formula is C8H10N2O5S. The summed E-state index contributed by atoms with van der Waals surface area (Å²) in [7, 11) is 0. The summed E-state index contributed by atoms with van der Waals surface area (Å²) in [5.74, 6) is -1.05. The monoisotopic (exact) mass is 246 g/mol. The van der Waals surface area contributed by atoms with Gasteiger partial charge in [-0.2, -0.15) is 0 Å². The van der Waals surface area contributed by atoms with Crippen molar-refractivity contribution in [3.8, 4) is 0 Å². The lowest BCUT2D eigenvalue weighted by atomic mass is 10.1. The van der Waals surface area contributed by atoms with Crippen molar-refractivity contribution in [2.75, 3.05) is 13.2 Å². The molecule has 7 nitrogen and oxygen atoms in total. The van der Waals surface area contributed by atoms with E-state index in [0.717, 1.165) is 11.3 Å². The molecule has 0 radical (unpaired) electrons. The zero-order valence-corrected chi connectivity index (χ0v) is 9.27. The van der Waals surface area contributed by atoms with Crippen molar-refractivity contribution in [3.63, 3.8) is 0 Å². The van der Waals surface area contributed by atoms with Crippen LogP contribution in [0.3, 0.4) is 0 Å². The van der Waals surface area contributed by atoms with Gasteiger partial charge in [-0.3, -0.25) is 10.1 Å². The summed E-state index contributed by atoms with van der Waals surface area (Å²) in [6.45, 7) is 0.621. The summed E-state index contributed by atoms with van der Waals surface area (Å²) < 4.78 is 4.61. The molecule has 1 heterocycles. The van der Waals surface area contributed by atoms with Crippen LogP contribution in [0.25, 0.3) is 0 Å². The Kier molecular flexibility index (Phi) is 3.91. The minimum Gasteiger partial charge on any atom is -0.463 e. The molecule has 0 bridgehead atoms. The largest absolute Gasteiger partial charge is 0.463 e. The van der Waals surface area contributed by atoms with Crippen LogP contribution >= 0.6 is 11.3 Å². The number of carbonyl (C=O) groups excluding carboxylic acids is 1. The Hall–Kier alpha value is -1.54. The molecule has 1 unspecified atom stereocenters. The molecule has 1 atom stereocenters. The number of thiazole rings is 1.